The van der Waals surface area contributed by atoms with E-state index < -0.39 is 5.67 Å². The van der Waals surface area contributed by atoms with E-state index >= 15 is 4.39 Å². The zero-order valence-electron chi connectivity index (χ0n) is 24.8. The Kier molecular flexibility index (Phi) is 9.44. The van der Waals surface area contributed by atoms with Crippen LogP contribution in [0.2, 0.25) is 0 Å². The number of likely N-dealkylation sites (tertiary alicyclic amines) is 1. The molecule has 6 nitrogen and oxygen atoms in total. The van der Waals surface area contributed by atoms with E-state index in [-0.39, 0.29) is 0 Å². The van der Waals surface area contributed by atoms with Crippen LogP contribution in [-0.2, 0) is 5.67 Å². The fourth-order valence-electron chi connectivity index (χ4n) is 5.33. The van der Waals surface area contributed by atoms with Gasteiger partial charge in [0.05, 0.1) is 5.69 Å². The highest BCUT2D eigenvalue weighted by atomic mass is 19.1. The van der Waals surface area contributed by atoms with E-state index in [1.54, 1.807) is 18.3 Å². The fraction of sp³-hybridized carbons (Fsp3) is 0.382. The fourth-order valence-corrected chi connectivity index (χ4v) is 5.33. The highest BCUT2D eigenvalue weighted by Gasteiger charge is 2.38. The maximum atomic E-state index is 15.8. The number of pyridine rings is 1. The molecule has 0 unspecified atom stereocenters. The number of nitrogens with zero attached hydrogens (tertiary/aromatic N) is 5. The molecule has 0 aliphatic carbocycles. The molecular weight excluding hydrogens is 511 g/mol. The van der Waals surface area contributed by atoms with Gasteiger partial charge in [0.25, 0.3) is 0 Å². The van der Waals surface area contributed by atoms with Gasteiger partial charge in [-0.25, -0.2) is 14.4 Å². The van der Waals surface area contributed by atoms with Crippen LogP contribution in [0.5, 0.6) is 0 Å². The van der Waals surface area contributed by atoms with E-state index in [2.05, 4.69) is 89.0 Å². The number of aromatic nitrogens is 3. The average molecular weight is 553 g/mol. The van der Waals surface area contributed by atoms with Crippen molar-refractivity contribution < 1.29 is 4.39 Å². The Morgan fingerprint density at radius 2 is 1.68 bits per heavy atom. The minimum absolute atomic E-state index is 0.338. The van der Waals surface area contributed by atoms with Crippen LogP contribution in [0.4, 0.5) is 16.0 Å². The van der Waals surface area contributed by atoms with Gasteiger partial charge in [-0.1, -0.05) is 39.0 Å². The molecule has 1 aliphatic rings. The molecule has 0 bridgehead atoms. The Bertz CT molecular complexity index is 1410. The molecule has 0 spiro atoms. The number of halogens is 1. The summed E-state index contributed by atoms with van der Waals surface area (Å²) in [5.74, 6) is 3.28. The van der Waals surface area contributed by atoms with Crippen molar-refractivity contribution in [2.75, 3.05) is 36.4 Å². The molecule has 1 N–H and O–H groups in total. The van der Waals surface area contributed by atoms with Crippen molar-refractivity contribution in [3.05, 3.63) is 89.5 Å². The molecule has 1 aromatic carbocycles. The van der Waals surface area contributed by atoms with E-state index in [1.807, 2.05) is 12.4 Å². The number of hydrogen-bond acceptors (Lipinski definition) is 6. The number of piperidine rings is 1. The maximum absolute atomic E-state index is 15.8. The summed E-state index contributed by atoms with van der Waals surface area (Å²) in [6.45, 7) is 20.1. The van der Waals surface area contributed by atoms with Gasteiger partial charge in [-0.05, 0) is 56.0 Å². The minimum Gasteiger partial charge on any atom is -0.371 e. The Hall–Kier alpha value is -4.18. The number of terminal acetylenes is 1. The van der Waals surface area contributed by atoms with Crippen LogP contribution in [-0.4, -0.2) is 46.0 Å². The van der Waals surface area contributed by atoms with Gasteiger partial charge in [0.15, 0.2) is 5.67 Å². The van der Waals surface area contributed by atoms with Crippen molar-refractivity contribution in [2.24, 2.45) is 0 Å². The van der Waals surface area contributed by atoms with Gasteiger partial charge >= 0.3 is 0 Å². The summed E-state index contributed by atoms with van der Waals surface area (Å²) in [7, 11) is 0. The zero-order valence-corrected chi connectivity index (χ0v) is 24.8. The van der Waals surface area contributed by atoms with Crippen molar-refractivity contribution in [1.29, 1.82) is 0 Å². The second-order valence-electron chi connectivity index (χ2n) is 10.8. The number of rotatable bonds is 11. The van der Waals surface area contributed by atoms with E-state index in [1.165, 1.54) is 0 Å². The van der Waals surface area contributed by atoms with Crippen LogP contribution in [0.15, 0.2) is 56.0 Å². The molecule has 1 fully saturated rings. The van der Waals surface area contributed by atoms with Gasteiger partial charge in [-0.3, -0.25) is 4.98 Å². The molecule has 41 heavy (non-hydrogen) atoms. The molecule has 0 amide bonds. The molecule has 1 saturated heterocycles. The topological polar surface area (TPSA) is 57.2 Å². The Labute approximate surface area is 244 Å². The molecule has 2 aromatic heterocycles. The van der Waals surface area contributed by atoms with Crippen LogP contribution >= 0.6 is 0 Å². The first kappa shape index (κ1) is 29.8. The highest BCUT2D eigenvalue weighted by Crippen LogP contribution is 2.39. The lowest BCUT2D eigenvalue weighted by Crippen LogP contribution is -2.39. The molecule has 0 atom stereocenters. The average Bonchev–Trinajstić information content (AvgIpc) is 2.98. The van der Waals surface area contributed by atoms with Crippen molar-refractivity contribution >= 4 is 23.0 Å². The number of hydrogen-bond donors (Lipinski definition) is 1. The summed E-state index contributed by atoms with van der Waals surface area (Å²) in [5.41, 5.74) is 6.24. The van der Waals surface area contributed by atoms with E-state index in [0.717, 1.165) is 71.2 Å². The Balaban J connectivity index is 1.45. The zero-order chi connectivity index (χ0) is 29.6. The van der Waals surface area contributed by atoms with E-state index in [9.17, 15) is 0 Å². The lowest BCUT2D eigenvalue weighted by atomic mass is 9.88. The molecule has 1 aliphatic heterocycles. The third-order valence-corrected chi connectivity index (χ3v) is 7.75. The molecule has 0 saturated carbocycles. The van der Waals surface area contributed by atoms with E-state index in [0.29, 0.717) is 37.2 Å². The molecule has 7 heteroatoms. The SMILES string of the molecule is C#Cc1ccc(C2(F)CCN(C(=C)c3cc(NC(=C)c4cnc(N(CCC)CCC)nc4)c(C)cc3C)CC2)nc1. The lowest BCUT2D eigenvalue weighted by molar-refractivity contribution is 0.0750. The summed E-state index contributed by atoms with van der Waals surface area (Å²) in [4.78, 5) is 17.9. The summed E-state index contributed by atoms with van der Waals surface area (Å²) >= 11 is 0. The lowest BCUT2D eigenvalue weighted by Gasteiger charge is -2.38. The van der Waals surface area contributed by atoms with Gasteiger partial charge in [-0.15, -0.1) is 6.42 Å². The predicted molar refractivity (Wildman–Crippen MR) is 168 cm³/mol. The molecular formula is C34H41FN6. The van der Waals surface area contributed by atoms with Crippen molar-refractivity contribution in [3.8, 4) is 12.3 Å². The summed E-state index contributed by atoms with van der Waals surface area (Å²) in [6.07, 6.45) is 13.4. The number of aryl methyl sites for hydroxylation is 2. The second kappa shape index (κ2) is 13.0. The third-order valence-electron chi connectivity index (χ3n) is 7.75. The van der Waals surface area contributed by atoms with Crippen molar-refractivity contribution in [2.45, 2.75) is 59.0 Å². The van der Waals surface area contributed by atoms with Crippen LogP contribution < -0.4 is 10.2 Å². The summed E-state index contributed by atoms with van der Waals surface area (Å²) in [6, 6.07) is 7.71. The monoisotopic (exact) mass is 552 g/mol. The second-order valence-corrected chi connectivity index (χ2v) is 10.8. The van der Waals surface area contributed by atoms with Gasteiger partial charge in [0, 0.05) is 91.4 Å². The number of alkyl halides is 1. The minimum atomic E-state index is -1.47. The summed E-state index contributed by atoms with van der Waals surface area (Å²) < 4.78 is 15.8. The summed E-state index contributed by atoms with van der Waals surface area (Å²) in [5, 5.41) is 3.46. The van der Waals surface area contributed by atoms with Gasteiger partial charge in [0.1, 0.15) is 0 Å². The normalized spacial score (nSPS) is 14.3. The van der Waals surface area contributed by atoms with Crippen molar-refractivity contribution in [3.63, 3.8) is 0 Å². The van der Waals surface area contributed by atoms with E-state index in [4.69, 9.17) is 6.42 Å². The highest BCUT2D eigenvalue weighted by molar-refractivity contribution is 5.79. The molecule has 0 radical (unpaired) electrons. The van der Waals surface area contributed by atoms with Gasteiger partial charge in [0.2, 0.25) is 5.95 Å². The molecule has 214 valence electrons. The number of benzene rings is 1. The van der Waals surface area contributed by atoms with Crippen LogP contribution in [0.25, 0.3) is 11.4 Å². The molecule has 3 heterocycles. The van der Waals surface area contributed by atoms with Gasteiger partial charge in [-0.2, -0.15) is 0 Å². The largest absolute Gasteiger partial charge is 0.371 e. The number of anilines is 2. The Morgan fingerprint density at radius 3 is 2.24 bits per heavy atom. The quantitative estimate of drug-likeness (QED) is 0.256. The van der Waals surface area contributed by atoms with Crippen molar-refractivity contribution in [1.82, 2.24) is 19.9 Å². The van der Waals surface area contributed by atoms with Crippen LogP contribution in [0.3, 0.4) is 0 Å². The smallest absolute Gasteiger partial charge is 0.225 e. The molecule has 4 rings (SSSR count). The third kappa shape index (κ3) is 6.77. The van der Waals surface area contributed by atoms with Crippen LogP contribution in [0, 0.1) is 26.2 Å². The van der Waals surface area contributed by atoms with Gasteiger partial charge < -0.3 is 15.1 Å². The Morgan fingerprint density at radius 1 is 1.02 bits per heavy atom. The molecule has 3 aromatic rings. The van der Waals surface area contributed by atoms with Crippen LogP contribution in [0.1, 0.15) is 73.0 Å². The predicted octanol–water partition coefficient (Wildman–Crippen LogP) is 7.11. The first-order valence-corrected chi connectivity index (χ1v) is 14.4. The first-order valence-electron chi connectivity index (χ1n) is 14.4. The number of nitrogens with one attached hydrogen (secondary N) is 1. The first-order chi connectivity index (χ1) is 19.7. The standard InChI is InChI=1S/C34H41FN6/c1-8-15-41(16-9-2)33-37-22-29(23-38-33)26(6)39-31-20-30(24(4)19-25(31)5)27(7)40-17-13-34(35,14-18-40)32-12-11-28(10-3)21-36-32/h3,11-12,19-23,39H,6-9,13-18H2,1-2,4-5H3. The maximum Gasteiger partial charge on any atom is 0.225 e.